The summed E-state index contributed by atoms with van der Waals surface area (Å²) in [5.74, 6) is 0. The zero-order valence-corrected chi connectivity index (χ0v) is 19.5. The molecule has 27 heavy (non-hydrogen) atoms. The Morgan fingerprint density at radius 1 is 0.852 bits per heavy atom. The molecule has 0 atom stereocenters. The van der Waals surface area contributed by atoms with Gasteiger partial charge in [0.15, 0.2) is 0 Å². The predicted octanol–water partition coefficient (Wildman–Crippen LogP) is 6.68. The lowest BCUT2D eigenvalue weighted by molar-refractivity contribution is -0.681. The zero-order valence-electron chi connectivity index (χ0n) is 17.7. The second kappa shape index (κ2) is 18.5. The number of halogens is 1. The van der Waals surface area contributed by atoms with E-state index in [1.165, 1.54) is 89.9 Å². The normalized spacial score (nSPS) is 11.6. The third-order valence-corrected chi connectivity index (χ3v) is 5.10. The Bertz CT molecular complexity index is 474. The highest BCUT2D eigenvalue weighted by atomic mass is 79.9. The lowest BCUT2D eigenvalue weighted by Crippen LogP contribution is -2.34. The van der Waals surface area contributed by atoms with Gasteiger partial charge in [0.05, 0.1) is 12.3 Å². The molecule has 4 nitrogen and oxygen atoms in total. The molecule has 0 aliphatic rings. The van der Waals surface area contributed by atoms with Crippen LogP contribution in [0.4, 0.5) is 0 Å². The van der Waals surface area contributed by atoms with Crippen LogP contribution >= 0.6 is 17.0 Å². The van der Waals surface area contributed by atoms with E-state index in [0.717, 1.165) is 12.3 Å². The third-order valence-electron chi connectivity index (χ3n) is 5.10. The Morgan fingerprint density at radius 2 is 1.33 bits per heavy atom. The molecular weight excluding hydrogens is 402 g/mol. The summed E-state index contributed by atoms with van der Waals surface area (Å²) < 4.78 is 4.28. The molecule has 0 spiro atoms. The van der Waals surface area contributed by atoms with E-state index in [1.807, 2.05) is 13.1 Å². The SMILES string of the molecule is Br.CCCCCCCCCCCCCCCCn1cc[n+](C/C(C)=N/O)c1. The van der Waals surface area contributed by atoms with Crippen molar-refractivity contribution in [3.05, 3.63) is 18.7 Å². The van der Waals surface area contributed by atoms with Gasteiger partial charge in [0.1, 0.15) is 18.9 Å². The molecule has 0 aliphatic carbocycles. The number of nitrogens with zero attached hydrogens (tertiary/aromatic N) is 3. The maximum atomic E-state index is 8.71. The number of oxime groups is 1. The summed E-state index contributed by atoms with van der Waals surface area (Å²) in [4.78, 5) is 0. The fourth-order valence-corrected chi connectivity index (χ4v) is 3.45. The molecule has 1 aromatic heterocycles. The predicted molar refractivity (Wildman–Crippen MR) is 120 cm³/mol. The smallest absolute Gasteiger partial charge is 0.244 e. The van der Waals surface area contributed by atoms with Gasteiger partial charge in [-0.3, -0.25) is 0 Å². The largest absolute Gasteiger partial charge is 0.411 e. The van der Waals surface area contributed by atoms with Crippen molar-refractivity contribution in [3.8, 4) is 0 Å². The number of hydrogen-bond donors (Lipinski definition) is 1. The molecule has 0 saturated heterocycles. The Kier molecular flexibility index (Phi) is 17.9. The summed E-state index contributed by atoms with van der Waals surface area (Å²) in [7, 11) is 0. The van der Waals surface area contributed by atoms with Crippen molar-refractivity contribution in [2.75, 3.05) is 0 Å². The van der Waals surface area contributed by atoms with Gasteiger partial charge in [-0.15, -0.1) is 17.0 Å². The summed E-state index contributed by atoms with van der Waals surface area (Å²) in [5.41, 5.74) is 0.726. The molecule has 0 unspecified atom stereocenters. The molecule has 1 heterocycles. The number of imidazole rings is 1. The van der Waals surface area contributed by atoms with Crippen LogP contribution in [0.5, 0.6) is 0 Å². The monoisotopic (exact) mass is 444 g/mol. The molecule has 1 rings (SSSR count). The van der Waals surface area contributed by atoms with Crippen LogP contribution in [0.1, 0.15) is 104 Å². The van der Waals surface area contributed by atoms with Crippen LogP contribution in [0, 0.1) is 0 Å². The minimum Gasteiger partial charge on any atom is -0.411 e. The fraction of sp³-hybridized carbons (Fsp3) is 0.818. The van der Waals surface area contributed by atoms with Crippen LogP contribution in [0.25, 0.3) is 0 Å². The average Bonchev–Trinajstić information content (AvgIpc) is 3.09. The molecule has 0 aromatic carbocycles. The number of unbranched alkanes of at least 4 members (excludes halogenated alkanes) is 13. The first-order valence-electron chi connectivity index (χ1n) is 11.0. The molecule has 0 radical (unpaired) electrons. The molecule has 0 bridgehead atoms. The van der Waals surface area contributed by atoms with Crippen molar-refractivity contribution in [1.29, 1.82) is 0 Å². The van der Waals surface area contributed by atoms with E-state index in [9.17, 15) is 0 Å². The molecule has 0 saturated carbocycles. The van der Waals surface area contributed by atoms with Crippen LogP contribution in [0.3, 0.4) is 0 Å². The van der Waals surface area contributed by atoms with Crippen LogP contribution in [-0.2, 0) is 13.1 Å². The molecule has 0 aliphatic heterocycles. The summed E-state index contributed by atoms with van der Waals surface area (Å²) in [6, 6.07) is 0. The van der Waals surface area contributed by atoms with Gasteiger partial charge in [-0.05, 0) is 19.8 Å². The van der Waals surface area contributed by atoms with Crippen molar-refractivity contribution in [3.63, 3.8) is 0 Å². The molecule has 0 fully saturated rings. The van der Waals surface area contributed by atoms with Crippen LogP contribution in [0.2, 0.25) is 0 Å². The highest BCUT2D eigenvalue weighted by Gasteiger charge is 2.05. The minimum absolute atomic E-state index is 0. The van der Waals surface area contributed by atoms with Gasteiger partial charge in [-0.25, -0.2) is 9.13 Å². The molecule has 1 N–H and O–H groups in total. The quantitative estimate of drug-likeness (QED) is 0.0938. The van der Waals surface area contributed by atoms with Gasteiger partial charge in [0, 0.05) is 0 Å². The van der Waals surface area contributed by atoms with Crippen molar-refractivity contribution >= 4 is 22.7 Å². The van der Waals surface area contributed by atoms with Gasteiger partial charge < -0.3 is 5.21 Å². The molecule has 0 amide bonds. The summed E-state index contributed by atoms with van der Waals surface area (Å²) in [6.07, 6.45) is 25.9. The highest BCUT2D eigenvalue weighted by Crippen LogP contribution is 2.13. The summed E-state index contributed by atoms with van der Waals surface area (Å²) in [6.45, 7) is 5.85. The Labute approximate surface area is 177 Å². The zero-order chi connectivity index (χ0) is 18.9. The molecule has 1 aromatic rings. The van der Waals surface area contributed by atoms with E-state index in [0.29, 0.717) is 6.54 Å². The third kappa shape index (κ3) is 14.8. The number of aromatic nitrogens is 2. The summed E-state index contributed by atoms with van der Waals surface area (Å²) >= 11 is 0. The van der Waals surface area contributed by atoms with Crippen LogP contribution in [0.15, 0.2) is 23.9 Å². The maximum absolute atomic E-state index is 8.71. The van der Waals surface area contributed by atoms with Gasteiger partial charge in [-0.1, -0.05) is 89.1 Å². The highest BCUT2D eigenvalue weighted by molar-refractivity contribution is 8.93. The van der Waals surface area contributed by atoms with Gasteiger partial charge >= 0.3 is 0 Å². The van der Waals surface area contributed by atoms with Crippen LogP contribution in [-0.4, -0.2) is 15.5 Å². The van der Waals surface area contributed by atoms with Gasteiger partial charge in [0.2, 0.25) is 6.33 Å². The lowest BCUT2D eigenvalue weighted by Gasteiger charge is -2.03. The second-order valence-electron chi connectivity index (χ2n) is 7.76. The van der Waals surface area contributed by atoms with Gasteiger partial charge in [-0.2, -0.15) is 0 Å². The van der Waals surface area contributed by atoms with Crippen LogP contribution < -0.4 is 4.57 Å². The lowest BCUT2D eigenvalue weighted by atomic mass is 10.0. The van der Waals surface area contributed by atoms with E-state index in [-0.39, 0.29) is 17.0 Å². The van der Waals surface area contributed by atoms with Crippen molar-refractivity contribution in [1.82, 2.24) is 4.57 Å². The Morgan fingerprint density at radius 3 is 1.81 bits per heavy atom. The first kappa shape index (κ1) is 26.2. The topological polar surface area (TPSA) is 41.4 Å². The first-order chi connectivity index (χ1) is 12.8. The first-order valence-corrected chi connectivity index (χ1v) is 11.0. The Hall–Kier alpha value is -0.840. The van der Waals surface area contributed by atoms with E-state index in [2.05, 4.69) is 33.7 Å². The van der Waals surface area contributed by atoms with Crippen molar-refractivity contribution in [2.45, 2.75) is 117 Å². The number of aryl methyl sites for hydroxylation is 1. The van der Waals surface area contributed by atoms with E-state index in [1.54, 1.807) is 0 Å². The fourth-order valence-electron chi connectivity index (χ4n) is 3.45. The second-order valence-corrected chi connectivity index (χ2v) is 7.76. The molecule has 5 heteroatoms. The standard InChI is InChI=1S/C22H41N3O.BrH/c1-3-4-5-6-7-8-9-10-11-12-13-14-15-16-17-24-18-19-25(21-24)20-22(2)23-26;/h18-19,21H,3-17,20H2,1-2H3;1H/p+1/b23-22+;. The Balaban J connectivity index is 0.00000676. The van der Waals surface area contributed by atoms with E-state index >= 15 is 0 Å². The molecular formula is C22H43BrN3O+. The summed E-state index contributed by atoms with van der Waals surface area (Å²) in [5, 5.41) is 11.9. The van der Waals surface area contributed by atoms with E-state index in [4.69, 9.17) is 5.21 Å². The van der Waals surface area contributed by atoms with E-state index < -0.39 is 0 Å². The van der Waals surface area contributed by atoms with Crippen molar-refractivity contribution in [2.24, 2.45) is 5.16 Å². The minimum atomic E-state index is 0. The van der Waals surface area contributed by atoms with Gasteiger partial charge in [0.25, 0.3) is 0 Å². The van der Waals surface area contributed by atoms with Crippen molar-refractivity contribution < 1.29 is 9.77 Å². The number of rotatable bonds is 17. The molecule has 158 valence electrons. The average molecular weight is 446 g/mol. The number of hydrogen-bond acceptors (Lipinski definition) is 2. The maximum Gasteiger partial charge on any atom is 0.244 e.